The number of fused-ring (bicyclic) bond motifs is 2. The van der Waals surface area contributed by atoms with Crippen LogP contribution in [0.15, 0.2) is 24.3 Å². The quantitative estimate of drug-likeness (QED) is 0.221. The summed E-state index contributed by atoms with van der Waals surface area (Å²) in [5.41, 5.74) is 1.02. The zero-order valence-corrected chi connectivity index (χ0v) is 22.3. The number of carbonyl (C=O) groups excluding carboxylic acids is 2. The first kappa shape index (κ1) is 28.2. The number of benzene rings is 1. The lowest BCUT2D eigenvalue weighted by Crippen LogP contribution is -2.53. The van der Waals surface area contributed by atoms with Crippen molar-refractivity contribution < 1.29 is 18.7 Å². The molecule has 4 atom stereocenters. The Bertz CT molecular complexity index is 816. The van der Waals surface area contributed by atoms with Gasteiger partial charge in [0.2, 0.25) is 11.8 Å². The number of methoxy groups -OCH3 is 1. The van der Waals surface area contributed by atoms with Crippen molar-refractivity contribution in [1.29, 1.82) is 0 Å². The Hall–Kier alpha value is -1.33. The van der Waals surface area contributed by atoms with E-state index in [9.17, 15) is 14.0 Å². The standard InChI is InChI=1S/C25H39FN4O3S2/c1-33-17-28-25(32)24-21(18-3-5-19(26)6-4-18)15-20-7-8-22(24)30(20)11-2-10-29(12-14-35)16-23(31)27-9-13-34/h3-6,20-22,24,34-35H,2,7-17H2,1H3,(H,27,31)(H,28,32)/t20?,21?,22-,24?/m1/s1. The van der Waals surface area contributed by atoms with Gasteiger partial charge in [0.1, 0.15) is 12.5 Å². The van der Waals surface area contributed by atoms with Gasteiger partial charge in [0.25, 0.3) is 0 Å². The molecule has 3 rings (SSSR count). The van der Waals surface area contributed by atoms with Gasteiger partial charge in [-0.2, -0.15) is 25.3 Å². The first-order valence-electron chi connectivity index (χ1n) is 12.5. The predicted molar refractivity (Wildman–Crippen MR) is 143 cm³/mol. The van der Waals surface area contributed by atoms with Gasteiger partial charge in [-0.3, -0.25) is 19.4 Å². The molecule has 0 aromatic heterocycles. The molecule has 2 fully saturated rings. The molecule has 0 aliphatic carbocycles. The van der Waals surface area contributed by atoms with Crippen LogP contribution in [-0.2, 0) is 14.3 Å². The summed E-state index contributed by atoms with van der Waals surface area (Å²) in [6.45, 7) is 3.52. The minimum atomic E-state index is -0.264. The van der Waals surface area contributed by atoms with Crippen molar-refractivity contribution in [3.8, 4) is 0 Å². The van der Waals surface area contributed by atoms with Crippen molar-refractivity contribution in [2.75, 3.05) is 58.1 Å². The number of amides is 2. The number of ether oxygens (including phenoxy) is 1. The van der Waals surface area contributed by atoms with E-state index in [-0.39, 0.29) is 42.2 Å². The molecule has 2 aliphatic heterocycles. The van der Waals surface area contributed by atoms with E-state index < -0.39 is 0 Å². The largest absolute Gasteiger partial charge is 0.364 e. The number of hydrogen-bond acceptors (Lipinski definition) is 7. The molecule has 196 valence electrons. The Balaban J connectivity index is 1.66. The second-order valence-electron chi connectivity index (χ2n) is 9.36. The molecular weight excluding hydrogens is 487 g/mol. The van der Waals surface area contributed by atoms with Crippen LogP contribution in [0.5, 0.6) is 0 Å². The Labute approximate surface area is 219 Å². The molecule has 7 nitrogen and oxygen atoms in total. The molecule has 1 aromatic carbocycles. The van der Waals surface area contributed by atoms with Gasteiger partial charge in [-0.05, 0) is 62.4 Å². The highest BCUT2D eigenvalue weighted by atomic mass is 32.1. The molecule has 0 saturated carbocycles. The zero-order chi connectivity index (χ0) is 25.2. The fourth-order valence-electron chi connectivity index (χ4n) is 5.68. The minimum absolute atomic E-state index is 0.00548. The Morgan fingerprint density at radius 2 is 1.91 bits per heavy atom. The van der Waals surface area contributed by atoms with Crippen LogP contribution in [0.4, 0.5) is 4.39 Å². The Kier molecular flexibility index (Phi) is 11.6. The molecule has 2 heterocycles. The van der Waals surface area contributed by atoms with Crippen LogP contribution in [0.25, 0.3) is 0 Å². The fraction of sp³-hybridized carbons (Fsp3) is 0.680. The van der Waals surface area contributed by atoms with Crippen molar-refractivity contribution in [1.82, 2.24) is 20.4 Å². The molecule has 3 unspecified atom stereocenters. The number of rotatable bonds is 14. The lowest BCUT2D eigenvalue weighted by molar-refractivity contribution is -0.131. The summed E-state index contributed by atoms with van der Waals surface area (Å²) in [7, 11) is 1.56. The van der Waals surface area contributed by atoms with Gasteiger partial charge in [-0.15, -0.1) is 0 Å². The summed E-state index contributed by atoms with van der Waals surface area (Å²) in [6, 6.07) is 7.14. The predicted octanol–water partition coefficient (Wildman–Crippen LogP) is 2.15. The van der Waals surface area contributed by atoms with E-state index in [1.807, 2.05) is 12.1 Å². The lowest BCUT2D eigenvalue weighted by atomic mass is 9.75. The Morgan fingerprint density at radius 1 is 1.14 bits per heavy atom. The van der Waals surface area contributed by atoms with Crippen molar-refractivity contribution >= 4 is 37.1 Å². The van der Waals surface area contributed by atoms with Gasteiger partial charge < -0.3 is 15.4 Å². The maximum absolute atomic E-state index is 13.6. The number of carbonyl (C=O) groups is 2. The summed E-state index contributed by atoms with van der Waals surface area (Å²) < 4.78 is 18.7. The highest BCUT2D eigenvalue weighted by Crippen LogP contribution is 2.47. The van der Waals surface area contributed by atoms with Crippen LogP contribution in [0.2, 0.25) is 0 Å². The molecule has 2 amide bonds. The van der Waals surface area contributed by atoms with E-state index in [1.165, 1.54) is 12.1 Å². The highest BCUT2D eigenvalue weighted by molar-refractivity contribution is 7.80. The smallest absolute Gasteiger partial charge is 0.234 e. The molecule has 2 N–H and O–H groups in total. The van der Waals surface area contributed by atoms with E-state index in [4.69, 9.17) is 4.74 Å². The molecule has 2 aliphatic rings. The van der Waals surface area contributed by atoms with Gasteiger partial charge in [0, 0.05) is 43.8 Å². The first-order valence-corrected chi connectivity index (χ1v) is 13.7. The fourth-order valence-corrected chi connectivity index (χ4v) is 6.07. The van der Waals surface area contributed by atoms with Gasteiger partial charge in [0.05, 0.1) is 12.5 Å². The van der Waals surface area contributed by atoms with Gasteiger partial charge >= 0.3 is 0 Å². The molecule has 2 bridgehead atoms. The van der Waals surface area contributed by atoms with E-state index in [2.05, 4.69) is 45.7 Å². The summed E-state index contributed by atoms with van der Waals surface area (Å²) in [5, 5.41) is 5.79. The normalized spacial score (nSPS) is 24.0. The number of hydrogen-bond donors (Lipinski definition) is 4. The molecule has 2 saturated heterocycles. The average Bonchev–Trinajstić information content (AvgIpc) is 3.12. The van der Waals surface area contributed by atoms with Crippen LogP contribution >= 0.6 is 25.3 Å². The van der Waals surface area contributed by atoms with Gasteiger partial charge in [-0.25, -0.2) is 4.39 Å². The van der Waals surface area contributed by atoms with Crippen LogP contribution in [0.3, 0.4) is 0 Å². The monoisotopic (exact) mass is 526 g/mol. The van der Waals surface area contributed by atoms with Crippen molar-refractivity contribution in [2.45, 2.75) is 43.7 Å². The third kappa shape index (κ3) is 7.82. The average molecular weight is 527 g/mol. The molecule has 0 spiro atoms. The van der Waals surface area contributed by atoms with Crippen LogP contribution < -0.4 is 10.6 Å². The van der Waals surface area contributed by atoms with Gasteiger partial charge in [-0.1, -0.05) is 12.1 Å². The van der Waals surface area contributed by atoms with Crippen molar-refractivity contribution in [2.24, 2.45) is 5.92 Å². The van der Waals surface area contributed by atoms with Crippen molar-refractivity contribution in [3.05, 3.63) is 35.6 Å². The zero-order valence-electron chi connectivity index (χ0n) is 20.5. The summed E-state index contributed by atoms with van der Waals surface area (Å²) in [5.74, 6) is 0.890. The number of nitrogens with one attached hydrogen (secondary N) is 2. The topological polar surface area (TPSA) is 73.9 Å². The van der Waals surface area contributed by atoms with E-state index >= 15 is 0 Å². The third-order valence-electron chi connectivity index (χ3n) is 7.16. The van der Waals surface area contributed by atoms with Gasteiger partial charge in [0.15, 0.2) is 0 Å². The third-order valence-corrected chi connectivity index (χ3v) is 7.59. The molecule has 35 heavy (non-hydrogen) atoms. The lowest BCUT2D eigenvalue weighted by Gasteiger charge is -2.44. The molecular formula is C25H39FN4O3S2. The molecule has 0 radical (unpaired) electrons. The second-order valence-corrected chi connectivity index (χ2v) is 10.3. The van der Waals surface area contributed by atoms with Crippen LogP contribution in [-0.4, -0.2) is 91.8 Å². The van der Waals surface area contributed by atoms with E-state index in [1.54, 1.807) is 7.11 Å². The second kappa shape index (κ2) is 14.4. The number of thiol groups is 2. The maximum Gasteiger partial charge on any atom is 0.234 e. The summed E-state index contributed by atoms with van der Waals surface area (Å²) in [6.07, 6.45) is 3.82. The highest BCUT2D eigenvalue weighted by Gasteiger charge is 2.50. The number of halogens is 1. The van der Waals surface area contributed by atoms with Crippen LogP contribution in [0.1, 0.15) is 37.2 Å². The molecule has 1 aromatic rings. The van der Waals surface area contributed by atoms with E-state index in [0.717, 1.165) is 50.9 Å². The Morgan fingerprint density at radius 3 is 2.60 bits per heavy atom. The number of nitrogens with zero attached hydrogens (tertiary/aromatic N) is 2. The maximum atomic E-state index is 13.6. The SMILES string of the molecule is COCNC(=O)C1C(c2ccc(F)cc2)CC2CC[C@H]1N2CCCN(CCS)CC(=O)NCCS. The van der Waals surface area contributed by atoms with Crippen LogP contribution in [0, 0.1) is 11.7 Å². The summed E-state index contributed by atoms with van der Waals surface area (Å²) in [4.78, 5) is 30.1. The van der Waals surface area contributed by atoms with Crippen molar-refractivity contribution in [3.63, 3.8) is 0 Å². The molecule has 10 heteroatoms. The first-order chi connectivity index (χ1) is 17.0. The number of piperidine rings is 1. The van der Waals surface area contributed by atoms with E-state index in [0.29, 0.717) is 30.6 Å². The minimum Gasteiger partial charge on any atom is -0.364 e. The summed E-state index contributed by atoms with van der Waals surface area (Å²) >= 11 is 8.50.